The van der Waals surface area contributed by atoms with Gasteiger partial charge in [-0.3, -0.25) is 19.1 Å². The molecule has 0 aliphatic rings. The quantitative estimate of drug-likeness (QED) is 0.377. The minimum absolute atomic E-state index is 0.122. The summed E-state index contributed by atoms with van der Waals surface area (Å²) >= 11 is 0. The van der Waals surface area contributed by atoms with Crippen molar-refractivity contribution in [3.05, 3.63) is 106 Å². The van der Waals surface area contributed by atoms with Crippen LogP contribution in [-0.2, 0) is 9.09 Å². The number of nitrogens with zero attached hydrogens (tertiary/aromatic N) is 3. The lowest BCUT2D eigenvalue weighted by Crippen LogP contribution is -2.34. The second-order valence-electron chi connectivity index (χ2n) is 7.57. The zero-order valence-corrected chi connectivity index (χ0v) is 19.6. The predicted molar refractivity (Wildman–Crippen MR) is 129 cm³/mol. The summed E-state index contributed by atoms with van der Waals surface area (Å²) in [6.45, 7) is 3.72. The first kappa shape index (κ1) is 23.4. The molecule has 2 aromatic heterocycles. The number of hydrogen-bond donors (Lipinski definition) is 2. The van der Waals surface area contributed by atoms with Crippen molar-refractivity contribution in [3.8, 4) is 5.95 Å². The second-order valence-corrected chi connectivity index (χ2v) is 10.0. The van der Waals surface area contributed by atoms with Gasteiger partial charge in [0.2, 0.25) is 13.3 Å². The van der Waals surface area contributed by atoms with E-state index in [4.69, 9.17) is 4.52 Å². The number of benzene rings is 2. The molecule has 2 atom stereocenters. The van der Waals surface area contributed by atoms with Crippen molar-refractivity contribution in [1.82, 2.24) is 25.1 Å². The molecule has 2 heterocycles. The van der Waals surface area contributed by atoms with Gasteiger partial charge in [-0.05, 0) is 36.2 Å². The zero-order chi connectivity index (χ0) is 24.1. The molecule has 0 saturated heterocycles. The largest absolute Gasteiger partial charge is 0.341 e. The van der Waals surface area contributed by atoms with E-state index in [2.05, 4.69) is 20.4 Å². The van der Waals surface area contributed by atoms with Gasteiger partial charge >= 0.3 is 0 Å². The molecule has 2 N–H and O–H groups in total. The topological polar surface area (TPSA) is 119 Å². The van der Waals surface area contributed by atoms with Crippen LogP contribution in [0.25, 0.3) is 5.95 Å². The number of rotatable bonds is 8. The van der Waals surface area contributed by atoms with Crippen LogP contribution in [0.5, 0.6) is 0 Å². The van der Waals surface area contributed by atoms with Gasteiger partial charge in [0, 0.05) is 30.6 Å². The number of aromatic amines is 1. The summed E-state index contributed by atoms with van der Waals surface area (Å²) in [5, 5.41) is 7.53. The predicted octanol–water partition coefficient (Wildman–Crippen LogP) is 3.04. The van der Waals surface area contributed by atoms with Gasteiger partial charge in [-0.2, -0.15) is 5.10 Å². The van der Waals surface area contributed by atoms with Crippen LogP contribution in [0.2, 0.25) is 0 Å². The maximum Gasteiger partial charge on any atom is 0.265 e. The van der Waals surface area contributed by atoms with Crippen LogP contribution in [0, 0.1) is 0 Å². The Morgan fingerprint density at radius 2 is 1.82 bits per heavy atom. The molecule has 1 unspecified atom stereocenters. The second kappa shape index (κ2) is 9.99. The van der Waals surface area contributed by atoms with Crippen LogP contribution >= 0.6 is 7.37 Å². The number of aromatic nitrogens is 4. The molecule has 0 radical (unpaired) electrons. The van der Waals surface area contributed by atoms with Gasteiger partial charge in [-0.25, -0.2) is 9.67 Å². The molecular weight excluding hydrogens is 453 g/mol. The molecular formula is C24H24N5O4P. The van der Waals surface area contributed by atoms with E-state index in [1.165, 1.54) is 10.9 Å². The number of carbonyl (C=O) groups excluding carboxylic acids is 1. The van der Waals surface area contributed by atoms with E-state index in [0.29, 0.717) is 11.9 Å². The van der Waals surface area contributed by atoms with Gasteiger partial charge in [0.05, 0.1) is 12.6 Å². The fourth-order valence-corrected chi connectivity index (χ4v) is 4.86. The summed E-state index contributed by atoms with van der Waals surface area (Å²) in [5.41, 5.74) is 0.884. The maximum atomic E-state index is 13.1. The lowest BCUT2D eigenvalue weighted by Gasteiger charge is -2.21. The summed E-state index contributed by atoms with van der Waals surface area (Å²) in [6, 6.07) is 17.6. The fourth-order valence-electron chi connectivity index (χ4n) is 3.53. The van der Waals surface area contributed by atoms with E-state index in [1.54, 1.807) is 56.3 Å². The number of amides is 1. The summed E-state index contributed by atoms with van der Waals surface area (Å²) in [4.78, 5) is 32.4. The van der Waals surface area contributed by atoms with Gasteiger partial charge in [0.15, 0.2) is 0 Å². The van der Waals surface area contributed by atoms with E-state index in [1.807, 2.05) is 30.3 Å². The number of H-pyrrole nitrogens is 1. The highest BCUT2D eigenvalue weighted by molar-refractivity contribution is 7.66. The zero-order valence-electron chi connectivity index (χ0n) is 18.7. The summed E-state index contributed by atoms with van der Waals surface area (Å²) in [7, 11) is -2.92. The number of nitrogens with one attached hydrogen (secondary N) is 2. The minimum Gasteiger partial charge on any atom is -0.341 e. The van der Waals surface area contributed by atoms with Crippen LogP contribution < -0.4 is 16.2 Å². The Balaban J connectivity index is 1.63. The molecule has 0 aliphatic carbocycles. The highest BCUT2D eigenvalue weighted by Gasteiger charge is 2.23. The lowest BCUT2D eigenvalue weighted by atomic mass is 9.98. The number of hydrogen-bond acceptors (Lipinski definition) is 6. The molecule has 0 bridgehead atoms. The monoisotopic (exact) mass is 477 g/mol. The van der Waals surface area contributed by atoms with E-state index < -0.39 is 24.9 Å². The van der Waals surface area contributed by atoms with Crippen LogP contribution in [-0.4, -0.2) is 38.9 Å². The Morgan fingerprint density at radius 1 is 1.12 bits per heavy atom. The maximum absolute atomic E-state index is 13.1. The third-order valence-corrected chi connectivity index (χ3v) is 7.22. The van der Waals surface area contributed by atoms with Crippen molar-refractivity contribution in [2.24, 2.45) is 0 Å². The van der Waals surface area contributed by atoms with Crippen molar-refractivity contribution in [1.29, 1.82) is 0 Å². The third-order valence-electron chi connectivity index (χ3n) is 5.23. The first-order chi connectivity index (χ1) is 16.4. The first-order valence-corrected chi connectivity index (χ1v) is 12.7. The van der Waals surface area contributed by atoms with Gasteiger partial charge in [-0.15, -0.1) is 0 Å². The normalized spacial score (nSPS) is 13.7. The standard InChI is InChI=1S/C24H24N5O4P/c1-3-33-34(2,32)19-12-10-18(11-13-19)21(17-8-5-4-6-9-17)27-22(30)20-16-25-24(28-23(20)31)29-15-7-14-26-29/h4-16,21H,3H2,1-2H3,(H,27,30)(H,25,28,31)/t21-,34?/m1/s1. The van der Waals surface area contributed by atoms with Crippen molar-refractivity contribution < 1.29 is 13.9 Å². The highest BCUT2D eigenvalue weighted by atomic mass is 31.2. The Bertz CT molecular complexity index is 1370. The Morgan fingerprint density at radius 3 is 2.44 bits per heavy atom. The molecule has 0 spiro atoms. The molecule has 34 heavy (non-hydrogen) atoms. The molecule has 9 nitrogen and oxygen atoms in total. The van der Waals surface area contributed by atoms with E-state index >= 15 is 0 Å². The number of carbonyl (C=O) groups is 1. The van der Waals surface area contributed by atoms with E-state index in [0.717, 1.165) is 11.1 Å². The van der Waals surface area contributed by atoms with Crippen molar-refractivity contribution in [2.45, 2.75) is 13.0 Å². The first-order valence-electron chi connectivity index (χ1n) is 10.7. The summed E-state index contributed by atoms with van der Waals surface area (Å²) < 4.78 is 19.5. The van der Waals surface area contributed by atoms with Crippen molar-refractivity contribution in [2.75, 3.05) is 13.3 Å². The molecule has 0 fully saturated rings. The average molecular weight is 477 g/mol. The fraction of sp³-hybridized carbons (Fsp3) is 0.167. The van der Waals surface area contributed by atoms with Gasteiger partial charge in [0.1, 0.15) is 5.56 Å². The molecule has 2 aromatic carbocycles. The van der Waals surface area contributed by atoms with Crippen molar-refractivity contribution in [3.63, 3.8) is 0 Å². The van der Waals surface area contributed by atoms with Crippen LogP contribution in [0.3, 0.4) is 0 Å². The molecule has 174 valence electrons. The smallest absolute Gasteiger partial charge is 0.265 e. The van der Waals surface area contributed by atoms with Gasteiger partial charge in [0.25, 0.3) is 11.5 Å². The SMILES string of the molecule is CCOP(C)(=O)c1ccc([C@H](NC(=O)c2cnc(-n3cccn3)[nH]c2=O)c2ccccc2)cc1. The molecule has 0 saturated carbocycles. The summed E-state index contributed by atoms with van der Waals surface area (Å²) in [6.07, 6.45) is 4.42. The van der Waals surface area contributed by atoms with Crippen LogP contribution in [0.4, 0.5) is 0 Å². The van der Waals surface area contributed by atoms with E-state index in [9.17, 15) is 14.2 Å². The van der Waals surface area contributed by atoms with Crippen LogP contribution in [0.15, 0.2) is 84.0 Å². The summed E-state index contributed by atoms with van der Waals surface area (Å²) in [5.74, 6) is -0.366. The molecule has 4 rings (SSSR count). The molecule has 0 aliphatic heterocycles. The Kier molecular flexibility index (Phi) is 6.86. The highest BCUT2D eigenvalue weighted by Crippen LogP contribution is 2.41. The van der Waals surface area contributed by atoms with Crippen molar-refractivity contribution >= 4 is 18.6 Å². The van der Waals surface area contributed by atoms with Crippen LogP contribution in [0.1, 0.15) is 34.5 Å². The third kappa shape index (κ3) is 5.06. The lowest BCUT2D eigenvalue weighted by molar-refractivity contribution is 0.0941. The van der Waals surface area contributed by atoms with Gasteiger partial charge < -0.3 is 9.84 Å². The molecule has 1 amide bonds. The molecule has 10 heteroatoms. The molecule has 4 aromatic rings. The Labute approximate surface area is 196 Å². The van der Waals surface area contributed by atoms with Gasteiger partial charge in [-0.1, -0.05) is 42.5 Å². The average Bonchev–Trinajstić information content (AvgIpc) is 3.38. The Hall–Kier alpha value is -3.81. The van der Waals surface area contributed by atoms with E-state index in [-0.39, 0.29) is 11.5 Å². The minimum atomic E-state index is -2.92.